The van der Waals surface area contributed by atoms with E-state index in [0.717, 1.165) is 0 Å². The highest BCUT2D eigenvalue weighted by atomic mass is 19.1. The number of rotatable bonds is 4. The van der Waals surface area contributed by atoms with Crippen LogP contribution in [0.3, 0.4) is 0 Å². The van der Waals surface area contributed by atoms with Gasteiger partial charge in [0.1, 0.15) is 29.2 Å². The van der Waals surface area contributed by atoms with Crippen LogP contribution in [0, 0.1) is 11.6 Å². The lowest BCUT2D eigenvalue weighted by Crippen LogP contribution is -2.31. The molecule has 0 aliphatic carbocycles. The fourth-order valence-corrected chi connectivity index (χ4v) is 3.13. The minimum atomic E-state index is -0.511. The highest BCUT2D eigenvalue weighted by molar-refractivity contribution is 5.94. The normalized spacial score (nSPS) is 16.5. The number of hydrogen-bond acceptors (Lipinski definition) is 3. The Morgan fingerprint density at radius 2 is 1.96 bits per heavy atom. The molecular weight excluding hydrogens is 352 g/mol. The van der Waals surface area contributed by atoms with Crippen LogP contribution in [-0.4, -0.2) is 39.8 Å². The molecule has 1 aromatic heterocycles. The van der Waals surface area contributed by atoms with E-state index in [1.54, 1.807) is 41.6 Å². The molecule has 0 spiro atoms. The number of ether oxygens (including phenoxy) is 1. The van der Waals surface area contributed by atoms with Gasteiger partial charge in [0.05, 0.1) is 6.54 Å². The largest absolute Gasteiger partial charge is 0.489 e. The maximum Gasteiger partial charge on any atom is 0.254 e. The van der Waals surface area contributed by atoms with E-state index in [9.17, 15) is 13.6 Å². The zero-order valence-electron chi connectivity index (χ0n) is 14.4. The number of carbonyl (C=O) groups is 1. The maximum absolute atomic E-state index is 14.4. The number of amides is 1. The summed E-state index contributed by atoms with van der Waals surface area (Å²) in [6.07, 6.45) is 3.69. The van der Waals surface area contributed by atoms with E-state index in [4.69, 9.17) is 4.74 Å². The Labute approximate surface area is 154 Å². The first kappa shape index (κ1) is 17.2. The van der Waals surface area contributed by atoms with Crippen LogP contribution < -0.4 is 4.74 Å². The van der Waals surface area contributed by atoms with E-state index in [1.807, 2.05) is 0 Å². The van der Waals surface area contributed by atoms with Crippen molar-refractivity contribution < 1.29 is 18.3 Å². The molecule has 1 fully saturated rings. The first-order valence-corrected chi connectivity index (χ1v) is 8.61. The van der Waals surface area contributed by atoms with Gasteiger partial charge in [-0.3, -0.25) is 4.79 Å². The second-order valence-corrected chi connectivity index (χ2v) is 6.35. The van der Waals surface area contributed by atoms with Crippen LogP contribution in [0.5, 0.6) is 5.75 Å². The molecule has 0 radical (unpaired) electrons. The van der Waals surface area contributed by atoms with Crippen molar-refractivity contribution in [2.45, 2.75) is 12.5 Å². The number of hydrogen-bond donors (Lipinski definition) is 0. The number of likely N-dealkylation sites (tertiary alicyclic amines) is 1. The van der Waals surface area contributed by atoms with E-state index in [0.29, 0.717) is 25.3 Å². The molecular formula is C20H17F2N3O2. The smallest absolute Gasteiger partial charge is 0.254 e. The van der Waals surface area contributed by atoms with Gasteiger partial charge in [0.2, 0.25) is 0 Å². The molecule has 3 aromatic rings. The lowest BCUT2D eigenvalue weighted by atomic mass is 10.1. The summed E-state index contributed by atoms with van der Waals surface area (Å²) in [5.41, 5.74) is 0.571. The zero-order valence-corrected chi connectivity index (χ0v) is 14.4. The summed E-state index contributed by atoms with van der Waals surface area (Å²) >= 11 is 0. The van der Waals surface area contributed by atoms with Crippen LogP contribution >= 0.6 is 0 Å². The highest BCUT2D eigenvalue weighted by Gasteiger charge is 2.28. The second-order valence-electron chi connectivity index (χ2n) is 6.35. The molecule has 5 nitrogen and oxygen atoms in total. The summed E-state index contributed by atoms with van der Waals surface area (Å²) in [6.45, 7) is 0.923. The van der Waals surface area contributed by atoms with E-state index in [-0.39, 0.29) is 29.1 Å². The number of nitrogens with zero attached hydrogens (tertiary/aromatic N) is 3. The van der Waals surface area contributed by atoms with Gasteiger partial charge in [-0.05, 0) is 48.5 Å². The number of carbonyl (C=O) groups excluding carboxylic acids is 1. The Bertz CT molecular complexity index is 942. The van der Waals surface area contributed by atoms with Gasteiger partial charge in [-0.2, -0.15) is 5.10 Å². The summed E-state index contributed by atoms with van der Waals surface area (Å²) in [5.74, 6) is -0.523. The molecule has 0 N–H and O–H groups in total. The summed E-state index contributed by atoms with van der Waals surface area (Å²) in [4.78, 5) is 14.3. The minimum absolute atomic E-state index is 0.174. The fraction of sp³-hybridized carbons (Fsp3) is 0.200. The predicted octanol–water partition coefficient (Wildman–Crippen LogP) is 3.44. The molecule has 1 amide bonds. The van der Waals surface area contributed by atoms with Gasteiger partial charge < -0.3 is 9.64 Å². The van der Waals surface area contributed by atoms with Gasteiger partial charge in [0.15, 0.2) is 0 Å². The van der Waals surface area contributed by atoms with Crippen molar-refractivity contribution in [3.05, 3.63) is 78.1 Å². The molecule has 1 aliphatic rings. The van der Waals surface area contributed by atoms with Crippen molar-refractivity contribution in [3.8, 4) is 11.4 Å². The van der Waals surface area contributed by atoms with Crippen molar-refractivity contribution in [2.24, 2.45) is 0 Å². The lowest BCUT2D eigenvalue weighted by Gasteiger charge is -2.18. The Morgan fingerprint density at radius 3 is 2.67 bits per heavy atom. The molecule has 4 rings (SSSR count). The third-order valence-corrected chi connectivity index (χ3v) is 4.49. The third kappa shape index (κ3) is 3.67. The average molecular weight is 369 g/mol. The van der Waals surface area contributed by atoms with Crippen LogP contribution in [0.4, 0.5) is 8.78 Å². The first-order chi connectivity index (χ1) is 13.1. The summed E-state index contributed by atoms with van der Waals surface area (Å²) in [5, 5.41) is 4.00. The van der Waals surface area contributed by atoms with Crippen LogP contribution in [0.25, 0.3) is 5.69 Å². The summed E-state index contributed by atoms with van der Waals surface area (Å²) in [6, 6.07) is 11.8. The topological polar surface area (TPSA) is 47.4 Å². The Hall–Kier alpha value is -3.22. The Kier molecular flexibility index (Phi) is 4.58. The molecule has 7 heteroatoms. The highest BCUT2D eigenvalue weighted by Crippen LogP contribution is 2.21. The molecule has 2 aromatic carbocycles. The molecule has 1 aliphatic heterocycles. The molecule has 0 saturated carbocycles. The number of benzene rings is 2. The summed E-state index contributed by atoms with van der Waals surface area (Å²) in [7, 11) is 0. The van der Waals surface area contributed by atoms with Crippen LogP contribution in [0.2, 0.25) is 0 Å². The lowest BCUT2D eigenvalue weighted by molar-refractivity contribution is 0.0772. The van der Waals surface area contributed by atoms with Crippen LogP contribution in [-0.2, 0) is 0 Å². The van der Waals surface area contributed by atoms with Crippen LogP contribution in [0.15, 0.2) is 60.9 Å². The molecule has 0 unspecified atom stereocenters. The van der Waals surface area contributed by atoms with Gasteiger partial charge in [0, 0.05) is 30.9 Å². The molecule has 0 bridgehead atoms. The predicted molar refractivity (Wildman–Crippen MR) is 94.9 cm³/mol. The number of halogens is 2. The van der Waals surface area contributed by atoms with Gasteiger partial charge in [-0.15, -0.1) is 0 Å². The quantitative estimate of drug-likeness (QED) is 0.708. The Morgan fingerprint density at radius 1 is 1.15 bits per heavy atom. The van der Waals surface area contributed by atoms with Crippen molar-refractivity contribution in [3.63, 3.8) is 0 Å². The minimum Gasteiger partial charge on any atom is -0.489 e. The standard InChI is InChI=1S/C20H17F2N3O2/c21-15-3-5-16(6-4-15)27-17-8-11-24(13-17)20(26)14-2-7-19(18(22)12-14)25-10-1-9-23-25/h1-7,9-10,12,17H,8,11,13H2/t17-/m0/s1. The van der Waals surface area contributed by atoms with Gasteiger partial charge >= 0.3 is 0 Å². The summed E-state index contributed by atoms with van der Waals surface area (Å²) < 4.78 is 34.5. The third-order valence-electron chi connectivity index (χ3n) is 4.49. The van der Waals surface area contributed by atoms with E-state index < -0.39 is 5.82 Å². The van der Waals surface area contributed by atoms with E-state index in [1.165, 1.54) is 28.9 Å². The van der Waals surface area contributed by atoms with Gasteiger partial charge in [-0.1, -0.05) is 0 Å². The molecule has 1 atom stereocenters. The fourth-order valence-electron chi connectivity index (χ4n) is 3.13. The van der Waals surface area contributed by atoms with Gasteiger partial charge in [0.25, 0.3) is 5.91 Å². The molecule has 1 saturated heterocycles. The van der Waals surface area contributed by atoms with Crippen molar-refractivity contribution in [2.75, 3.05) is 13.1 Å². The zero-order chi connectivity index (χ0) is 18.8. The number of aromatic nitrogens is 2. The SMILES string of the molecule is O=C(c1ccc(-n2cccn2)c(F)c1)N1CC[C@H](Oc2ccc(F)cc2)C1. The monoisotopic (exact) mass is 369 g/mol. The van der Waals surface area contributed by atoms with E-state index >= 15 is 0 Å². The van der Waals surface area contributed by atoms with Crippen molar-refractivity contribution in [1.29, 1.82) is 0 Å². The first-order valence-electron chi connectivity index (χ1n) is 8.61. The maximum atomic E-state index is 14.4. The molecule has 27 heavy (non-hydrogen) atoms. The Balaban J connectivity index is 1.43. The second kappa shape index (κ2) is 7.19. The van der Waals surface area contributed by atoms with E-state index in [2.05, 4.69) is 5.10 Å². The van der Waals surface area contributed by atoms with Crippen molar-refractivity contribution in [1.82, 2.24) is 14.7 Å². The molecule has 138 valence electrons. The molecule has 2 heterocycles. The van der Waals surface area contributed by atoms with Gasteiger partial charge in [-0.25, -0.2) is 13.5 Å². The average Bonchev–Trinajstić information content (AvgIpc) is 3.35. The van der Waals surface area contributed by atoms with Crippen LogP contribution in [0.1, 0.15) is 16.8 Å². The van der Waals surface area contributed by atoms with Crippen molar-refractivity contribution >= 4 is 5.91 Å².